The average Bonchev–Trinajstić information content (AvgIpc) is 2.72. The fourth-order valence-electron chi connectivity index (χ4n) is 3.13. The van der Waals surface area contributed by atoms with Crippen LogP contribution in [0, 0.1) is 5.41 Å². The lowest BCUT2D eigenvalue weighted by Gasteiger charge is -2.32. The zero-order valence-electron chi connectivity index (χ0n) is 11.2. The highest BCUT2D eigenvalue weighted by Gasteiger charge is 2.34. The van der Waals surface area contributed by atoms with Crippen molar-refractivity contribution in [2.24, 2.45) is 11.1 Å². The highest BCUT2D eigenvalue weighted by molar-refractivity contribution is 7.12. The van der Waals surface area contributed by atoms with Crippen molar-refractivity contribution < 1.29 is 4.74 Å². The molecule has 4 heteroatoms. The topological polar surface area (TPSA) is 48.1 Å². The number of nitrogens with zero attached hydrogens (tertiary/aromatic N) is 1. The first-order chi connectivity index (χ1) is 8.55. The molecule has 0 aromatic carbocycles. The Balaban J connectivity index is 1.87. The minimum atomic E-state index is 0.190. The smallest absolute Gasteiger partial charge is 0.0964 e. The third-order valence-corrected chi connectivity index (χ3v) is 5.46. The first-order valence-electron chi connectivity index (χ1n) is 6.88. The van der Waals surface area contributed by atoms with Crippen LogP contribution in [0.15, 0.2) is 0 Å². The fraction of sp³-hybridized carbons (Fsp3) is 0.786. The minimum absolute atomic E-state index is 0.190. The van der Waals surface area contributed by atoms with Crippen LogP contribution in [-0.4, -0.2) is 18.2 Å². The molecule has 1 saturated heterocycles. The van der Waals surface area contributed by atoms with E-state index < -0.39 is 0 Å². The summed E-state index contributed by atoms with van der Waals surface area (Å²) < 4.78 is 5.43. The van der Waals surface area contributed by atoms with Crippen LogP contribution < -0.4 is 5.73 Å². The van der Waals surface area contributed by atoms with Gasteiger partial charge < -0.3 is 10.5 Å². The molecule has 1 aromatic heterocycles. The molecule has 0 radical (unpaired) electrons. The highest BCUT2D eigenvalue weighted by Crippen LogP contribution is 2.43. The first-order valence-corrected chi connectivity index (χ1v) is 7.70. The van der Waals surface area contributed by atoms with E-state index in [9.17, 15) is 0 Å². The Morgan fingerprint density at radius 2 is 2.06 bits per heavy atom. The second-order valence-corrected chi connectivity index (χ2v) is 7.46. The van der Waals surface area contributed by atoms with Crippen molar-refractivity contribution >= 4 is 11.3 Å². The monoisotopic (exact) mass is 266 g/mol. The van der Waals surface area contributed by atoms with E-state index in [0.717, 1.165) is 38.9 Å². The summed E-state index contributed by atoms with van der Waals surface area (Å²) in [7, 11) is 0. The van der Waals surface area contributed by atoms with E-state index in [1.165, 1.54) is 15.6 Å². The SMILES string of the molecule is CC1(C)Cc2nc(C3CCOCC3)sc2C(N)C1. The lowest BCUT2D eigenvalue weighted by Crippen LogP contribution is -2.28. The van der Waals surface area contributed by atoms with Crippen molar-refractivity contribution in [1.29, 1.82) is 0 Å². The van der Waals surface area contributed by atoms with E-state index in [1.54, 1.807) is 0 Å². The van der Waals surface area contributed by atoms with Crippen molar-refractivity contribution in [3.63, 3.8) is 0 Å². The lowest BCUT2D eigenvalue weighted by molar-refractivity contribution is 0.0852. The van der Waals surface area contributed by atoms with Crippen LogP contribution in [0.4, 0.5) is 0 Å². The van der Waals surface area contributed by atoms with E-state index in [-0.39, 0.29) is 6.04 Å². The van der Waals surface area contributed by atoms with Gasteiger partial charge in [0.2, 0.25) is 0 Å². The summed E-state index contributed by atoms with van der Waals surface area (Å²) in [6, 6.07) is 0.190. The number of ether oxygens (including phenoxy) is 1. The van der Waals surface area contributed by atoms with Crippen LogP contribution in [0.1, 0.15) is 60.6 Å². The molecule has 0 amide bonds. The molecule has 18 heavy (non-hydrogen) atoms. The molecule has 1 aliphatic carbocycles. The van der Waals surface area contributed by atoms with Crippen LogP contribution in [0.25, 0.3) is 0 Å². The fourth-order valence-corrected chi connectivity index (χ4v) is 4.39. The van der Waals surface area contributed by atoms with Gasteiger partial charge in [-0.3, -0.25) is 0 Å². The van der Waals surface area contributed by atoms with Gasteiger partial charge in [-0.25, -0.2) is 4.98 Å². The van der Waals surface area contributed by atoms with Crippen molar-refractivity contribution in [2.75, 3.05) is 13.2 Å². The lowest BCUT2D eigenvalue weighted by atomic mass is 9.77. The molecule has 1 aliphatic heterocycles. The summed E-state index contributed by atoms with van der Waals surface area (Å²) in [4.78, 5) is 6.25. The maximum absolute atomic E-state index is 6.31. The van der Waals surface area contributed by atoms with E-state index in [4.69, 9.17) is 15.5 Å². The molecule has 2 heterocycles. The van der Waals surface area contributed by atoms with Gasteiger partial charge in [0.1, 0.15) is 0 Å². The Kier molecular flexibility index (Phi) is 3.20. The van der Waals surface area contributed by atoms with Gasteiger partial charge in [-0.1, -0.05) is 13.8 Å². The summed E-state index contributed by atoms with van der Waals surface area (Å²) in [6.07, 6.45) is 4.39. The minimum Gasteiger partial charge on any atom is -0.381 e. The van der Waals surface area contributed by atoms with Crippen LogP contribution in [0.3, 0.4) is 0 Å². The molecular weight excluding hydrogens is 244 g/mol. The van der Waals surface area contributed by atoms with Gasteiger partial charge in [0.15, 0.2) is 0 Å². The quantitative estimate of drug-likeness (QED) is 0.850. The molecule has 0 spiro atoms. The van der Waals surface area contributed by atoms with Gasteiger partial charge >= 0.3 is 0 Å². The normalized spacial score (nSPS) is 28.1. The summed E-state index contributed by atoms with van der Waals surface area (Å²) in [5.41, 5.74) is 7.88. The Labute approximate surface area is 113 Å². The van der Waals surface area contributed by atoms with E-state index in [1.807, 2.05) is 11.3 Å². The van der Waals surface area contributed by atoms with Gasteiger partial charge in [-0.05, 0) is 31.1 Å². The van der Waals surface area contributed by atoms with Crippen molar-refractivity contribution in [3.8, 4) is 0 Å². The van der Waals surface area contributed by atoms with Crippen LogP contribution in [-0.2, 0) is 11.2 Å². The first kappa shape index (κ1) is 12.6. The van der Waals surface area contributed by atoms with E-state index in [0.29, 0.717) is 11.3 Å². The summed E-state index contributed by atoms with van der Waals surface area (Å²) >= 11 is 1.86. The average molecular weight is 266 g/mol. The molecule has 1 atom stereocenters. The molecule has 1 fully saturated rings. The summed E-state index contributed by atoms with van der Waals surface area (Å²) in [6.45, 7) is 6.35. The molecule has 1 unspecified atom stereocenters. The predicted octanol–water partition coefficient (Wildman–Crippen LogP) is 3.01. The molecule has 3 rings (SSSR count). The highest BCUT2D eigenvalue weighted by atomic mass is 32.1. The van der Waals surface area contributed by atoms with Crippen LogP contribution >= 0.6 is 11.3 Å². The second-order valence-electron chi connectivity index (χ2n) is 6.40. The van der Waals surface area contributed by atoms with Gasteiger partial charge in [0, 0.05) is 30.1 Å². The predicted molar refractivity (Wildman–Crippen MR) is 73.9 cm³/mol. The molecule has 1 aromatic rings. The number of hydrogen-bond acceptors (Lipinski definition) is 4. The molecule has 0 bridgehead atoms. The number of rotatable bonds is 1. The van der Waals surface area contributed by atoms with Crippen LogP contribution in [0.5, 0.6) is 0 Å². The molecule has 0 saturated carbocycles. The molecular formula is C14H22N2OS. The Morgan fingerprint density at radius 3 is 2.78 bits per heavy atom. The molecule has 100 valence electrons. The summed E-state index contributed by atoms with van der Waals surface area (Å²) in [5, 5.41) is 1.30. The third-order valence-electron chi connectivity index (χ3n) is 4.07. The number of nitrogens with two attached hydrogens (primary N) is 1. The van der Waals surface area contributed by atoms with Crippen molar-refractivity contribution in [1.82, 2.24) is 4.98 Å². The Morgan fingerprint density at radius 1 is 1.33 bits per heavy atom. The largest absolute Gasteiger partial charge is 0.381 e. The summed E-state index contributed by atoms with van der Waals surface area (Å²) in [5.74, 6) is 0.602. The van der Waals surface area contributed by atoms with Gasteiger partial charge in [-0.2, -0.15) is 0 Å². The zero-order valence-corrected chi connectivity index (χ0v) is 12.1. The Bertz CT molecular complexity index is 435. The van der Waals surface area contributed by atoms with E-state index in [2.05, 4.69) is 13.8 Å². The van der Waals surface area contributed by atoms with E-state index >= 15 is 0 Å². The number of hydrogen-bond donors (Lipinski definition) is 1. The maximum atomic E-state index is 6.31. The maximum Gasteiger partial charge on any atom is 0.0964 e. The van der Waals surface area contributed by atoms with Gasteiger partial charge in [0.25, 0.3) is 0 Å². The van der Waals surface area contributed by atoms with Crippen molar-refractivity contribution in [3.05, 3.63) is 15.6 Å². The molecule has 2 N–H and O–H groups in total. The zero-order chi connectivity index (χ0) is 12.8. The number of thiazole rings is 1. The Hall–Kier alpha value is -0.450. The molecule has 3 nitrogen and oxygen atoms in total. The van der Waals surface area contributed by atoms with Gasteiger partial charge in [0.05, 0.1) is 10.7 Å². The van der Waals surface area contributed by atoms with Gasteiger partial charge in [-0.15, -0.1) is 11.3 Å². The standard InChI is InChI=1S/C14H22N2OS/c1-14(2)7-10(15)12-11(8-14)16-13(18-12)9-3-5-17-6-4-9/h9-10H,3-8,15H2,1-2H3. The molecule has 2 aliphatic rings. The van der Waals surface area contributed by atoms with Crippen molar-refractivity contribution in [2.45, 2.75) is 51.5 Å². The number of fused-ring (bicyclic) bond motifs is 1. The number of aromatic nitrogens is 1. The van der Waals surface area contributed by atoms with Crippen LogP contribution in [0.2, 0.25) is 0 Å². The third kappa shape index (κ3) is 2.33. The second kappa shape index (κ2) is 4.58.